The fourth-order valence-electron chi connectivity index (χ4n) is 3.09. The maximum absolute atomic E-state index is 13.2. The predicted molar refractivity (Wildman–Crippen MR) is 111 cm³/mol. The van der Waals surface area contributed by atoms with Crippen molar-refractivity contribution in [3.05, 3.63) is 65.5 Å². The van der Waals surface area contributed by atoms with Gasteiger partial charge in [0.1, 0.15) is 12.0 Å². The summed E-state index contributed by atoms with van der Waals surface area (Å²) < 4.78 is 63.9. The minimum absolute atomic E-state index is 0.00167. The van der Waals surface area contributed by atoms with Gasteiger partial charge in [0.15, 0.2) is 5.82 Å². The zero-order valence-corrected chi connectivity index (χ0v) is 17.4. The molecule has 2 aromatic heterocycles. The van der Waals surface area contributed by atoms with E-state index in [1.165, 1.54) is 49.9 Å². The molecule has 0 bridgehead atoms. The lowest BCUT2D eigenvalue weighted by molar-refractivity contribution is 0.151. The highest BCUT2D eigenvalue weighted by atomic mass is 35.5. The monoisotopic (exact) mass is 465 g/mol. The van der Waals surface area contributed by atoms with Gasteiger partial charge in [-0.05, 0) is 35.7 Å². The molecule has 0 fully saturated rings. The molecule has 0 spiro atoms. The molecule has 0 radical (unpaired) electrons. The average Bonchev–Trinajstić information content (AvgIpc) is 3.24. The van der Waals surface area contributed by atoms with Crippen LogP contribution in [-0.2, 0) is 10.0 Å². The number of anilines is 1. The van der Waals surface area contributed by atoms with Crippen LogP contribution in [0.5, 0.6) is 5.75 Å². The van der Waals surface area contributed by atoms with E-state index in [0.717, 1.165) is 0 Å². The van der Waals surface area contributed by atoms with Crippen molar-refractivity contribution in [2.45, 2.75) is 11.3 Å². The summed E-state index contributed by atoms with van der Waals surface area (Å²) >= 11 is 6.04. The molecule has 0 aliphatic heterocycles. The number of pyridine rings is 1. The standard InChI is InChI=1S/C20H14ClF2N3O4S/c1-29-17-10-14(20(22)23)16(21)9-15(17)19-13-3-2-12(8-11(13)4-6-24-19)31(27,28)26-18-5-7-30-25-18/h2-10,20H,1H3,(H,25,26). The summed E-state index contributed by atoms with van der Waals surface area (Å²) in [6.07, 6.45) is -0.0393. The first-order valence-electron chi connectivity index (χ1n) is 8.78. The normalized spacial score (nSPS) is 11.8. The highest BCUT2D eigenvalue weighted by molar-refractivity contribution is 7.92. The Balaban J connectivity index is 1.82. The Hall–Kier alpha value is -3.24. The molecule has 1 N–H and O–H groups in total. The number of rotatable bonds is 6. The van der Waals surface area contributed by atoms with Gasteiger partial charge in [-0.25, -0.2) is 17.2 Å². The zero-order valence-electron chi connectivity index (χ0n) is 15.8. The number of fused-ring (bicyclic) bond motifs is 1. The molecule has 7 nitrogen and oxygen atoms in total. The van der Waals surface area contributed by atoms with Crippen molar-refractivity contribution in [3.63, 3.8) is 0 Å². The van der Waals surface area contributed by atoms with Gasteiger partial charge in [-0.3, -0.25) is 9.71 Å². The summed E-state index contributed by atoms with van der Waals surface area (Å²) in [6, 6.07) is 9.98. The highest BCUT2D eigenvalue weighted by Gasteiger charge is 2.21. The highest BCUT2D eigenvalue weighted by Crippen LogP contribution is 2.40. The number of ether oxygens (including phenoxy) is 1. The molecule has 4 rings (SSSR count). The van der Waals surface area contributed by atoms with Crippen LogP contribution in [0, 0.1) is 0 Å². The largest absolute Gasteiger partial charge is 0.496 e. The van der Waals surface area contributed by atoms with Crippen LogP contribution in [0.1, 0.15) is 12.0 Å². The summed E-state index contributed by atoms with van der Waals surface area (Å²) in [5, 5.41) is 4.55. The SMILES string of the molecule is COc1cc(C(F)F)c(Cl)cc1-c1nccc2cc(S(=O)(=O)Nc3ccon3)ccc12. The van der Waals surface area contributed by atoms with E-state index in [1.54, 1.807) is 12.1 Å². The number of hydrogen-bond donors (Lipinski definition) is 1. The molecule has 0 aliphatic rings. The maximum Gasteiger partial charge on any atom is 0.265 e. The average molecular weight is 466 g/mol. The van der Waals surface area contributed by atoms with Gasteiger partial charge in [0.05, 0.1) is 22.7 Å². The van der Waals surface area contributed by atoms with Crippen LogP contribution in [0.15, 0.2) is 64.3 Å². The van der Waals surface area contributed by atoms with Crippen molar-refractivity contribution in [3.8, 4) is 17.0 Å². The van der Waals surface area contributed by atoms with E-state index >= 15 is 0 Å². The fourth-order valence-corrected chi connectivity index (χ4v) is 4.36. The number of benzene rings is 2. The van der Waals surface area contributed by atoms with E-state index in [4.69, 9.17) is 16.3 Å². The lowest BCUT2D eigenvalue weighted by atomic mass is 10.0. The Bertz CT molecular complexity index is 1360. The zero-order chi connectivity index (χ0) is 22.2. The lowest BCUT2D eigenvalue weighted by Gasteiger charge is -2.14. The van der Waals surface area contributed by atoms with E-state index in [9.17, 15) is 17.2 Å². The minimum atomic E-state index is -3.91. The molecule has 4 aromatic rings. The van der Waals surface area contributed by atoms with Crippen LogP contribution in [0.2, 0.25) is 5.02 Å². The lowest BCUT2D eigenvalue weighted by Crippen LogP contribution is -2.13. The molecule has 0 atom stereocenters. The van der Waals surface area contributed by atoms with E-state index < -0.39 is 16.4 Å². The first kappa shape index (κ1) is 21.0. The Labute approximate surface area is 180 Å². The van der Waals surface area contributed by atoms with E-state index in [1.807, 2.05) is 0 Å². The van der Waals surface area contributed by atoms with Crippen LogP contribution in [0.25, 0.3) is 22.0 Å². The molecule has 2 heterocycles. The van der Waals surface area contributed by atoms with Crippen molar-refractivity contribution in [2.75, 3.05) is 11.8 Å². The van der Waals surface area contributed by atoms with Gasteiger partial charge in [-0.1, -0.05) is 22.8 Å². The van der Waals surface area contributed by atoms with Gasteiger partial charge in [-0.2, -0.15) is 0 Å². The van der Waals surface area contributed by atoms with Crippen LogP contribution in [0.4, 0.5) is 14.6 Å². The number of nitrogens with zero attached hydrogens (tertiary/aromatic N) is 2. The van der Waals surface area contributed by atoms with Crippen LogP contribution < -0.4 is 9.46 Å². The summed E-state index contributed by atoms with van der Waals surface area (Å²) in [5.41, 5.74) is 0.458. The fraction of sp³-hybridized carbons (Fsp3) is 0.100. The minimum Gasteiger partial charge on any atom is -0.496 e. The van der Waals surface area contributed by atoms with Crippen LogP contribution in [0.3, 0.4) is 0 Å². The van der Waals surface area contributed by atoms with Gasteiger partial charge in [-0.15, -0.1) is 0 Å². The van der Waals surface area contributed by atoms with Crippen molar-refractivity contribution in [2.24, 2.45) is 0 Å². The molecule has 31 heavy (non-hydrogen) atoms. The van der Waals surface area contributed by atoms with Gasteiger partial charge >= 0.3 is 0 Å². The third kappa shape index (κ3) is 4.04. The first-order valence-corrected chi connectivity index (χ1v) is 10.6. The van der Waals surface area contributed by atoms with Gasteiger partial charge < -0.3 is 9.26 Å². The molecule has 2 aromatic carbocycles. The smallest absolute Gasteiger partial charge is 0.265 e. The summed E-state index contributed by atoms with van der Waals surface area (Å²) in [4.78, 5) is 4.34. The van der Waals surface area contributed by atoms with E-state index in [2.05, 4.69) is 19.4 Å². The second-order valence-corrected chi connectivity index (χ2v) is 8.50. The molecule has 160 valence electrons. The summed E-state index contributed by atoms with van der Waals surface area (Å²) in [6.45, 7) is 0. The number of halogens is 3. The number of methoxy groups -OCH3 is 1. The number of nitrogens with one attached hydrogen (secondary N) is 1. The van der Waals surface area contributed by atoms with E-state index in [-0.39, 0.29) is 27.0 Å². The molecular formula is C20H14ClF2N3O4S. The van der Waals surface area contributed by atoms with Crippen molar-refractivity contribution < 1.29 is 26.5 Å². The Morgan fingerprint density at radius 1 is 1.16 bits per heavy atom. The van der Waals surface area contributed by atoms with Crippen LogP contribution in [-0.4, -0.2) is 25.7 Å². The molecule has 0 aliphatic carbocycles. The quantitative estimate of drug-likeness (QED) is 0.415. The van der Waals surface area contributed by atoms with Gasteiger partial charge in [0, 0.05) is 28.8 Å². The van der Waals surface area contributed by atoms with Gasteiger partial charge in [0.2, 0.25) is 0 Å². The third-order valence-electron chi connectivity index (χ3n) is 4.53. The van der Waals surface area contributed by atoms with Crippen molar-refractivity contribution >= 4 is 38.2 Å². The molecule has 0 amide bonds. The number of hydrogen-bond acceptors (Lipinski definition) is 6. The Morgan fingerprint density at radius 3 is 2.65 bits per heavy atom. The Morgan fingerprint density at radius 2 is 1.97 bits per heavy atom. The Kier molecular flexibility index (Phi) is 5.50. The second kappa shape index (κ2) is 8.12. The molecule has 0 saturated carbocycles. The maximum atomic E-state index is 13.2. The topological polar surface area (TPSA) is 94.3 Å². The summed E-state index contributed by atoms with van der Waals surface area (Å²) in [5.74, 6) is 0.220. The molecule has 11 heteroatoms. The summed E-state index contributed by atoms with van der Waals surface area (Å²) in [7, 11) is -2.55. The first-order chi connectivity index (χ1) is 14.8. The number of aromatic nitrogens is 2. The molecule has 0 saturated heterocycles. The predicted octanol–water partition coefficient (Wildman–Crippen LogP) is 5.29. The number of alkyl halides is 2. The molecular weight excluding hydrogens is 452 g/mol. The van der Waals surface area contributed by atoms with Gasteiger partial charge in [0.25, 0.3) is 16.4 Å². The second-order valence-electron chi connectivity index (χ2n) is 6.41. The van der Waals surface area contributed by atoms with Crippen LogP contribution >= 0.6 is 11.6 Å². The van der Waals surface area contributed by atoms with Crippen molar-refractivity contribution in [1.29, 1.82) is 0 Å². The third-order valence-corrected chi connectivity index (χ3v) is 6.21. The van der Waals surface area contributed by atoms with Crippen molar-refractivity contribution in [1.82, 2.24) is 10.1 Å². The number of sulfonamides is 1. The molecule has 0 unspecified atom stereocenters. The van der Waals surface area contributed by atoms with E-state index in [0.29, 0.717) is 22.0 Å².